The monoisotopic (exact) mass is 358 g/mol. The zero-order chi connectivity index (χ0) is 18.6. The number of pyridine rings is 1. The SMILES string of the molecule is CC1(C)C2CCC1(C(=O)NCc1ccccn1)c1nc3ccccc3nc12. The number of benzene rings is 1. The van der Waals surface area contributed by atoms with Gasteiger partial charge in [-0.05, 0) is 42.5 Å². The van der Waals surface area contributed by atoms with Crippen molar-refractivity contribution in [2.24, 2.45) is 5.41 Å². The van der Waals surface area contributed by atoms with Crippen molar-refractivity contribution in [3.8, 4) is 0 Å². The van der Waals surface area contributed by atoms with Gasteiger partial charge in [-0.3, -0.25) is 9.78 Å². The van der Waals surface area contributed by atoms with Crippen molar-refractivity contribution in [3.63, 3.8) is 0 Å². The van der Waals surface area contributed by atoms with Gasteiger partial charge in [0.05, 0.1) is 40.1 Å². The Kier molecular flexibility index (Phi) is 3.39. The second-order valence-corrected chi connectivity index (χ2v) is 8.17. The fourth-order valence-electron chi connectivity index (χ4n) is 5.15. The van der Waals surface area contributed by atoms with Crippen molar-refractivity contribution >= 4 is 16.9 Å². The summed E-state index contributed by atoms with van der Waals surface area (Å²) in [6, 6.07) is 13.7. The second kappa shape index (κ2) is 5.59. The lowest BCUT2D eigenvalue weighted by molar-refractivity contribution is -0.130. The van der Waals surface area contributed by atoms with Crippen molar-refractivity contribution in [1.29, 1.82) is 0 Å². The standard InChI is InChI=1S/C22H22N4O/c1-21(2)15-10-11-22(21,20(27)24-13-14-7-5-6-12-23-14)19-18(15)25-16-8-3-4-9-17(16)26-19/h3-9,12,15H,10-11,13H2,1-2H3,(H,24,27). The number of rotatable bonds is 3. The predicted octanol–water partition coefficient (Wildman–Crippen LogP) is 3.50. The van der Waals surface area contributed by atoms with E-state index in [1.54, 1.807) is 6.20 Å². The average molecular weight is 358 g/mol. The molecule has 5 heteroatoms. The third-order valence-electron chi connectivity index (χ3n) is 6.65. The van der Waals surface area contributed by atoms with E-state index in [2.05, 4.69) is 24.1 Å². The van der Waals surface area contributed by atoms with Crippen LogP contribution in [0.1, 0.15) is 49.7 Å². The van der Waals surface area contributed by atoms with Crippen LogP contribution in [0.25, 0.3) is 11.0 Å². The zero-order valence-corrected chi connectivity index (χ0v) is 15.6. The highest BCUT2D eigenvalue weighted by molar-refractivity contribution is 5.92. The Morgan fingerprint density at radius 3 is 2.59 bits per heavy atom. The Balaban J connectivity index is 1.58. The van der Waals surface area contributed by atoms with E-state index < -0.39 is 5.41 Å². The van der Waals surface area contributed by atoms with Gasteiger partial charge in [-0.2, -0.15) is 0 Å². The van der Waals surface area contributed by atoms with E-state index in [4.69, 9.17) is 9.97 Å². The van der Waals surface area contributed by atoms with Crippen molar-refractivity contribution in [3.05, 3.63) is 65.7 Å². The topological polar surface area (TPSA) is 67.8 Å². The van der Waals surface area contributed by atoms with Gasteiger partial charge in [0, 0.05) is 12.1 Å². The third-order valence-corrected chi connectivity index (χ3v) is 6.65. The minimum absolute atomic E-state index is 0.0454. The Morgan fingerprint density at radius 2 is 1.85 bits per heavy atom. The Hall–Kier alpha value is -2.82. The fraction of sp³-hybridized carbons (Fsp3) is 0.364. The number of amides is 1. The molecule has 5 nitrogen and oxygen atoms in total. The summed E-state index contributed by atoms with van der Waals surface area (Å²) in [5.74, 6) is 0.314. The molecule has 0 aliphatic heterocycles. The van der Waals surface area contributed by atoms with Gasteiger partial charge in [0.1, 0.15) is 0 Å². The van der Waals surface area contributed by atoms with Crippen molar-refractivity contribution < 1.29 is 4.79 Å². The van der Waals surface area contributed by atoms with E-state index in [1.165, 1.54) is 0 Å². The van der Waals surface area contributed by atoms with Gasteiger partial charge < -0.3 is 5.32 Å². The van der Waals surface area contributed by atoms with Gasteiger partial charge in [-0.15, -0.1) is 0 Å². The van der Waals surface area contributed by atoms with Gasteiger partial charge in [0.15, 0.2) is 0 Å². The molecule has 2 aliphatic rings. The molecular formula is C22H22N4O. The molecule has 2 unspecified atom stereocenters. The first-order chi connectivity index (χ1) is 13.0. The number of para-hydroxylation sites is 2. The third kappa shape index (κ3) is 2.11. The number of aromatic nitrogens is 3. The van der Waals surface area contributed by atoms with Gasteiger partial charge in [-0.25, -0.2) is 9.97 Å². The molecule has 2 bridgehead atoms. The molecule has 5 rings (SSSR count). The van der Waals surface area contributed by atoms with Crippen LogP contribution in [-0.4, -0.2) is 20.9 Å². The molecule has 2 heterocycles. The first-order valence-electron chi connectivity index (χ1n) is 9.49. The number of fused-ring (bicyclic) bond motifs is 6. The van der Waals surface area contributed by atoms with Crippen LogP contribution >= 0.6 is 0 Å². The van der Waals surface area contributed by atoms with Crippen molar-refractivity contribution in [1.82, 2.24) is 20.3 Å². The fourth-order valence-corrected chi connectivity index (χ4v) is 5.15. The number of carbonyl (C=O) groups excluding carboxylic acids is 1. The lowest BCUT2D eigenvalue weighted by Gasteiger charge is -2.36. The van der Waals surface area contributed by atoms with Gasteiger partial charge in [0.2, 0.25) is 5.91 Å². The molecule has 2 aliphatic carbocycles. The lowest BCUT2D eigenvalue weighted by Crippen LogP contribution is -2.49. The van der Waals surface area contributed by atoms with E-state index in [-0.39, 0.29) is 17.2 Å². The van der Waals surface area contributed by atoms with E-state index in [0.29, 0.717) is 6.54 Å². The lowest BCUT2D eigenvalue weighted by atomic mass is 9.67. The van der Waals surface area contributed by atoms with Crippen LogP contribution in [0.15, 0.2) is 48.7 Å². The molecule has 0 radical (unpaired) electrons. The summed E-state index contributed by atoms with van der Waals surface area (Å²) in [5.41, 5.74) is 3.68. The van der Waals surface area contributed by atoms with Gasteiger partial charge in [-0.1, -0.05) is 32.0 Å². The van der Waals surface area contributed by atoms with Crippen LogP contribution in [0.4, 0.5) is 0 Å². The smallest absolute Gasteiger partial charge is 0.233 e. The van der Waals surface area contributed by atoms with Crippen LogP contribution in [0.5, 0.6) is 0 Å². The molecule has 1 saturated carbocycles. The molecule has 2 atom stereocenters. The highest BCUT2D eigenvalue weighted by atomic mass is 16.2. The quantitative estimate of drug-likeness (QED) is 0.778. The summed E-state index contributed by atoms with van der Waals surface area (Å²) in [4.78, 5) is 27.7. The molecule has 27 heavy (non-hydrogen) atoms. The summed E-state index contributed by atoms with van der Waals surface area (Å²) >= 11 is 0. The molecule has 1 N–H and O–H groups in total. The molecule has 1 aromatic carbocycles. The molecule has 2 aromatic heterocycles. The van der Waals surface area contributed by atoms with Crippen LogP contribution in [-0.2, 0) is 16.8 Å². The molecule has 1 amide bonds. The number of hydrogen-bond donors (Lipinski definition) is 1. The summed E-state index contributed by atoms with van der Waals surface area (Å²) in [5, 5.41) is 3.13. The maximum atomic E-state index is 13.5. The number of nitrogens with one attached hydrogen (secondary N) is 1. The molecule has 136 valence electrons. The van der Waals surface area contributed by atoms with E-state index in [1.807, 2.05) is 42.5 Å². The molecule has 1 fully saturated rings. The Bertz CT molecular complexity index is 1050. The minimum Gasteiger partial charge on any atom is -0.350 e. The number of carbonyl (C=O) groups is 1. The van der Waals surface area contributed by atoms with Crippen molar-refractivity contribution in [2.75, 3.05) is 0 Å². The van der Waals surface area contributed by atoms with Gasteiger partial charge in [0.25, 0.3) is 0 Å². The number of nitrogens with zero attached hydrogens (tertiary/aromatic N) is 3. The Morgan fingerprint density at radius 1 is 1.11 bits per heavy atom. The summed E-state index contributed by atoms with van der Waals surface area (Å²) in [6.07, 6.45) is 3.54. The van der Waals surface area contributed by atoms with E-state index >= 15 is 0 Å². The van der Waals surface area contributed by atoms with Crippen molar-refractivity contribution in [2.45, 2.75) is 44.6 Å². The van der Waals surface area contributed by atoms with Crippen LogP contribution in [0, 0.1) is 5.41 Å². The largest absolute Gasteiger partial charge is 0.350 e. The minimum atomic E-state index is -0.626. The predicted molar refractivity (Wildman–Crippen MR) is 103 cm³/mol. The zero-order valence-electron chi connectivity index (χ0n) is 15.6. The maximum absolute atomic E-state index is 13.5. The molecule has 3 aromatic rings. The maximum Gasteiger partial charge on any atom is 0.233 e. The summed E-state index contributed by atoms with van der Waals surface area (Å²) < 4.78 is 0. The Labute approximate surface area is 158 Å². The highest BCUT2D eigenvalue weighted by Crippen LogP contribution is 2.67. The van der Waals surface area contributed by atoms with Crippen LogP contribution < -0.4 is 5.32 Å². The first kappa shape index (κ1) is 16.4. The van der Waals surface area contributed by atoms with Gasteiger partial charge >= 0.3 is 0 Å². The van der Waals surface area contributed by atoms with Crippen LogP contribution in [0.3, 0.4) is 0 Å². The second-order valence-electron chi connectivity index (χ2n) is 8.17. The summed E-state index contributed by atoms with van der Waals surface area (Å²) in [7, 11) is 0. The average Bonchev–Trinajstić information content (AvgIpc) is 3.07. The molecule has 0 spiro atoms. The first-order valence-corrected chi connectivity index (χ1v) is 9.49. The van der Waals surface area contributed by atoms with Crippen LogP contribution in [0.2, 0.25) is 0 Å². The molecule has 0 saturated heterocycles. The van der Waals surface area contributed by atoms with E-state index in [0.717, 1.165) is 41.0 Å². The normalized spacial score (nSPS) is 24.7. The highest BCUT2D eigenvalue weighted by Gasteiger charge is 2.67. The summed E-state index contributed by atoms with van der Waals surface area (Å²) in [6.45, 7) is 4.82. The van der Waals surface area contributed by atoms with E-state index in [9.17, 15) is 4.79 Å². The number of hydrogen-bond acceptors (Lipinski definition) is 4. The molecular weight excluding hydrogens is 336 g/mol.